The monoisotopic (exact) mass is 86.1 g/mol. The van der Waals surface area contributed by atoms with E-state index in [4.69, 9.17) is 0 Å². The molecule has 0 aromatic carbocycles. The first-order valence-electron chi connectivity index (χ1n) is 2.52. The third-order valence-electron chi connectivity index (χ3n) is 2.11. The fraction of sp³-hybridized carbons (Fsp3) is 1.00. The Kier molecular flexibility index (Phi) is 0.319. The van der Waals surface area contributed by atoms with Crippen molar-refractivity contribution in [3.05, 3.63) is 0 Å². The van der Waals surface area contributed by atoms with Crippen LogP contribution in [-0.2, 0) is 0 Å². The van der Waals surface area contributed by atoms with E-state index in [0.717, 1.165) is 0 Å². The Labute approximate surface area is 36.4 Å². The summed E-state index contributed by atoms with van der Waals surface area (Å²) in [6.45, 7) is 0. The van der Waals surface area contributed by atoms with E-state index in [1.54, 1.807) is 0 Å². The first-order valence-corrected chi connectivity index (χ1v) is 2.52. The minimum atomic E-state index is -0.370. The van der Waals surface area contributed by atoms with Gasteiger partial charge in [0.15, 0.2) is 0 Å². The lowest BCUT2D eigenvalue weighted by atomic mass is 9.54. The highest BCUT2D eigenvalue weighted by molar-refractivity contribution is 5.02. The van der Waals surface area contributed by atoms with Crippen molar-refractivity contribution in [3.63, 3.8) is 0 Å². The van der Waals surface area contributed by atoms with Crippen molar-refractivity contribution in [1.82, 2.24) is 0 Å². The van der Waals surface area contributed by atoms with Gasteiger partial charge >= 0.3 is 0 Å². The van der Waals surface area contributed by atoms with Gasteiger partial charge in [0.1, 0.15) is 6.17 Å². The molecule has 34 valence electrons. The summed E-state index contributed by atoms with van der Waals surface area (Å²) in [6, 6.07) is 0. The predicted molar refractivity (Wildman–Crippen MR) is 21.1 cm³/mol. The largest absolute Gasteiger partial charge is 0.247 e. The summed E-state index contributed by atoms with van der Waals surface area (Å²) >= 11 is 0. The lowest BCUT2D eigenvalue weighted by Gasteiger charge is -2.53. The van der Waals surface area contributed by atoms with Crippen molar-refractivity contribution in [2.24, 2.45) is 11.8 Å². The standard InChI is InChI=1S/C5H7F/c6-5-3-1-4(5)2-3/h3-5H,1-2H2. The third kappa shape index (κ3) is 0.133. The van der Waals surface area contributed by atoms with E-state index in [1.807, 2.05) is 0 Å². The van der Waals surface area contributed by atoms with Gasteiger partial charge in [-0.05, 0) is 24.7 Å². The Hall–Kier alpha value is -0.0700. The number of halogens is 1. The molecule has 0 radical (unpaired) electrons. The van der Waals surface area contributed by atoms with E-state index in [1.165, 1.54) is 12.8 Å². The zero-order chi connectivity index (χ0) is 4.15. The Morgan fingerprint density at radius 1 is 1.17 bits per heavy atom. The molecule has 3 rings (SSSR count). The molecule has 0 amide bonds. The molecule has 6 heavy (non-hydrogen) atoms. The molecular formula is C5H7F. The molecule has 3 saturated carbocycles. The number of rotatable bonds is 0. The maximum Gasteiger partial charge on any atom is 0.106 e. The molecule has 0 nitrogen and oxygen atoms in total. The zero-order valence-electron chi connectivity index (χ0n) is 3.52. The van der Waals surface area contributed by atoms with Crippen LogP contribution in [0.1, 0.15) is 12.8 Å². The maximum absolute atomic E-state index is 12.0. The van der Waals surface area contributed by atoms with E-state index >= 15 is 0 Å². The van der Waals surface area contributed by atoms with Crippen molar-refractivity contribution < 1.29 is 4.39 Å². The number of hydrogen-bond acceptors (Lipinski definition) is 0. The summed E-state index contributed by atoms with van der Waals surface area (Å²) in [5.41, 5.74) is 0. The molecule has 0 aromatic rings. The van der Waals surface area contributed by atoms with Gasteiger partial charge in [0.2, 0.25) is 0 Å². The van der Waals surface area contributed by atoms with Gasteiger partial charge in [-0.15, -0.1) is 0 Å². The molecule has 0 N–H and O–H groups in total. The van der Waals surface area contributed by atoms with Gasteiger partial charge in [0.25, 0.3) is 0 Å². The molecule has 3 aliphatic carbocycles. The van der Waals surface area contributed by atoms with Crippen LogP contribution in [0.3, 0.4) is 0 Å². The summed E-state index contributed by atoms with van der Waals surface area (Å²) in [6.07, 6.45) is 2.02. The van der Waals surface area contributed by atoms with Crippen molar-refractivity contribution in [2.45, 2.75) is 19.0 Å². The smallest absolute Gasteiger partial charge is 0.106 e. The van der Waals surface area contributed by atoms with Crippen molar-refractivity contribution in [3.8, 4) is 0 Å². The fourth-order valence-corrected chi connectivity index (χ4v) is 1.22. The van der Waals surface area contributed by atoms with Crippen LogP contribution in [0.15, 0.2) is 0 Å². The first-order chi connectivity index (χ1) is 2.88. The molecule has 0 aliphatic heterocycles. The summed E-state index contributed by atoms with van der Waals surface area (Å²) in [7, 11) is 0. The highest BCUT2D eigenvalue weighted by atomic mass is 19.1. The topological polar surface area (TPSA) is 0 Å². The fourth-order valence-electron chi connectivity index (χ4n) is 1.22. The molecule has 0 saturated heterocycles. The highest BCUT2D eigenvalue weighted by Crippen LogP contribution is 2.55. The Balaban J connectivity index is 2.11. The SMILES string of the molecule is FC1C2CC1C2. The highest BCUT2D eigenvalue weighted by Gasteiger charge is 2.53. The first kappa shape index (κ1) is 3.00. The van der Waals surface area contributed by atoms with Crippen LogP contribution in [-0.4, -0.2) is 6.17 Å². The van der Waals surface area contributed by atoms with Gasteiger partial charge in [-0.1, -0.05) is 0 Å². The minimum Gasteiger partial charge on any atom is -0.247 e. The van der Waals surface area contributed by atoms with Crippen LogP contribution in [0.4, 0.5) is 4.39 Å². The van der Waals surface area contributed by atoms with Crippen LogP contribution >= 0.6 is 0 Å². The molecular weight excluding hydrogens is 79.1 g/mol. The lowest BCUT2D eigenvalue weighted by Crippen LogP contribution is -2.52. The van der Waals surface area contributed by atoms with Crippen LogP contribution < -0.4 is 0 Å². The van der Waals surface area contributed by atoms with Gasteiger partial charge in [-0.2, -0.15) is 0 Å². The number of hydrogen-bond donors (Lipinski definition) is 0. The van der Waals surface area contributed by atoms with Gasteiger partial charge in [0.05, 0.1) is 0 Å². The number of alkyl halides is 1. The normalized spacial score (nSPS) is 62.5. The average molecular weight is 86.1 g/mol. The van der Waals surface area contributed by atoms with Gasteiger partial charge in [-0.3, -0.25) is 0 Å². The van der Waals surface area contributed by atoms with E-state index < -0.39 is 0 Å². The Morgan fingerprint density at radius 2 is 1.50 bits per heavy atom. The molecule has 3 fully saturated rings. The average Bonchev–Trinajstić information content (AvgIpc) is 1.28. The van der Waals surface area contributed by atoms with Crippen LogP contribution in [0.25, 0.3) is 0 Å². The van der Waals surface area contributed by atoms with Crippen LogP contribution in [0.2, 0.25) is 0 Å². The molecule has 0 unspecified atom stereocenters. The summed E-state index contributed by atoms with van der Waals surface area (Å²) < 4.78 is 12.0. The lowest BCUT2D eigenvalue weighted by molar-refractivity contribution is -0.0994. The molecule has 1 heteroatoms. The van der Waals surface area contributed by atoms with Gasteiger partial charge in [0, 0.05) is 0 Å². The van der Waals surface area contributed by atoms with Crippen LogP contribution in [0, 0.1) is 11.8 Å². The summed E-state index contributed by atoms with van der Waals surface area (Å²) in [5.74, 6) is 1.02. The molecule has 0 heterocycles. The summed E-state index contributed by atoms with van der Waals surface area (Å²) in [5, 5.41) is 0. The zero-order valence-corrected chi connectivity index (χ0v) is 3.52. The van der Waals surface area contributed by atoms with E-state index in [2.05, 4.69) is 0 Å². The molecule has 0 atom stereocenters. The Bertz CT molecular complexity index is 66.0. The van der Waals surface area contributed by atoms with Gasteiger partial charge < -0.3 is 0 Å². The summed E-state index contributed by atoms with van der Waals surface area (Å²) in [4.78, 5) is 0. The maximum atomic E-state index is 12.0. The minimum absolute atomic E-state index is 0.370. The predicted octanol–water partition coefficient (Wildman–Crippen LogP) is 1.36. The molecule has 0 spiro atoms. The second-order valence-electron chi connectivity index (χ2n) is 2.44. The molecule has 0 aromatic heterocycles. The van der Waals surface area contributed by atoms with Gasteiger partial charge in [-0.25, -0.2) is 4.39 Å². The van der Waals surface area contributed by atoms with E-state index in [-0.39, 0.29) is 6.17 Å². The van der Waals surface area contributed by atoms with E-state index in [0.29, 0.717) is 11.8 Å². The van der Waals surface area contributed by atoms with Crippen LogP contribution in [0.5, 0.6) is 0 Å². The van der Waals surface area contributed by atoms with Crippen molar-refractivity contribution in [1.29, 1.82) is 0 Å². The second-order valence-corrected chi connectivity index (χ2v) is 2.44. The second kappa shape index (κ2) is 0.637. The third-order valence-corrected chi connectivity index (χ3v) is 2.11. The van der Waals surface area contributed by atoms with Crippen molar-refractivity contribution >= 4 is 0 Å². The molecule has 3 aliphatic rings. The Morgan fingerprint density at radius 3 is 1.50 bits per heavy atom. The molecule has 2 bridgehead atoms. The van der Waals surface area contributed by atoms with E-state index in [9.17, 15) is 4.39 Å². The van der Waals surface area contributed by atoms with Crippen molar-refractivity contribution in [2.75, 3.05) is 0 Å². The quantitative estimate of drug-likeness (QED) is 0.417.